The topological polar surface area (TPSA) is 109 Å². The third-order valence-electron chi connectivity index (χ3n) is 10.6. The Labute approximate surface area is 332 Å². The van der Waals surface area contributed by atoms with Crippen molar-refractivity contribution in [1.29, 1.82) is 0 Å². The first-order valence-corrected chi connectivity index (χ1v) is 19.1. The molecule has 1 fully saturated rings. The number of fused-ring (bicyclic) bond motifs is 1. The van der Waals surface area contributed by atoms with Crippen molar-refractivity contribution in [2.75, 3.05) is 20.8 Å². The summed E-state index contributed by atoms with van der Waals surface area (Å²) in [6.07, 6.45) is 1.78. The Bertz CT molecular complexity index is 2230. The molecule has 1 aliphatic rings. The van der Waals surface area contributed by atoms with Gasteiger partial charge in [0.15, 0.2) is 0 Å². The van der Waals surface area contributed by atoms with E-state index in [4.69, 9.17) is 28.7 Å². The predicted molar refractivity (Wildman–Crippen MR) is 218 cm³/mol. The lowest BCUT2D eigenvalue weighted by molar-refractivity contribution is -0.0665. The van der Waals surface area contributed by atoms with Crippen molar-refractivity contribution in [3.8, 4) is 11.6 Å². The van der Waals surface area contributed by atoms with Crippen LogP contribution >= 0.6 is 0 Å². The third-order valence-corrected chi connectivity index (χ3v) is 10.6. The van der Waals surface area contributed by atoms with Gasteiger partial charge in [-0.05, 0) is 39.9 Å². The number of aromatic nitrogens is 3. The highest BCUT2D eigenvalue weighted by atomic mass is 16.5. The second-order valence-electron chi connectivity index (χ2n) is 14.1. The van der Waals surface area contributed by atoms with E-state index in [2.05, 4.69) is 46.7 Å². The lowest BCUT2D eigenvalue weighted by atomic mass is 9.80. The van der Waals surface area contributed by atoms with Crippen LogP contribution in [-0.2, 0) is 39.8 Å². The van der Waals surface area contributed by atoms with Gasteiger partial charge in [0.1, 0.15) is 47.7 Å². The molecule has 0 aliphatic carbocycles. The molecule has 7 aromatic rings. The minimum Gasteiger partial charge on any atom is -0.497 e. The smallest absolute Gasteiger partial charge is 0.241 e. The Hall–Kier alpha value is -5.88. The molecule has 0 saturated carbocycles. The van der Waals surface area contributed by atoms with E-state index in [1.807, 2.05) is 120 Å². The van der Waals surface area contributed by atoms with Gasteiger partial charge in [0.2, 0.25) is 5.88 Å². The fraction of sp³-hybridized carbons (Fsp3) is 0.234. The molecule has 0 unspecified atom stereocenters. The lowest BCUT2D eigenvalue weighted by Crippen LogP contribution is -2.43. The Morgan fingerprint density at radius 3 is 1.84 bits per heavy atom. The van der Waals surface area contributed by atoms with Crippen molar-refractivity contribution in [3.63, 3.8) is 0 Å². The quantitative estimate of drug-likeness (QED) is 0.0964. The number of hydrogen-bond acceptors (Lipinski definition) is 9. The van der Waals surface area contributed by atoms with Gasteiger partial charge in [0.25, 0.3) is 0 Å². The first-order chi connectivity index (χ1) is 28.1. The first kappa shape index (κ1) is 38.0. The average molecular weight is 763 g/mol. The Morgan fingerprint density at radius 2 is 1.26 bits per heavy atom. The molecule has 10 heteroatoms. The van der Waals surface area contributed by atoms with Crippen LogP contribution < -0.4 is 14.8 Å². The van der Waals surface area contributed by atoms with E-state index in [0.29, 0.717) is 23.5 Å². The SMILES string of the molecule is COc1ccc(CO[C@H]2[C@@H](O)[C@H](c3cn(COCc4ccccc4)c4c(OC)ncnc34)N[C@@H]2COC(c2ccccc2)(c2ccccc2)c2ccccc2)cc1. The maximum atomic E-state index is 12.4. The highest BCUT2D eigenvalue weighted by molar-refractivity contribution is 5.84. The fourth-order valence-electron chi connectivity index (χ4n) is 7.82. The summed E-state index contributed by atoms with van der Waals surface area (Å²) < 4.78 is 33.2. The van der Waals surface area contributed by atoms with Crippen molar-refractivity contribution in [1.82, 2.24) is 19.9 Å². The number of methoxy groups -OCH3 is 2. The number of hydrogen-bond donors (Lipinski definition) is 2. The van der Waals surface area contributed by atoms with Crippen LogP contribution in [0.4, 0.5) is 0 Å². The molecule has 4 atom stereocenters. The van der Waals surface area contributed by atoms with Crippen LogP contribution in [0.2, 0.25) is 0 Å². The summed E-state index contributed by atoms with van der Waals surface area (Å²) in [7, 11) is 3.23. The van der Waals surface area contributed by atoms with Crippen LogP contribution in [0.3, 0.4) is 0 Å². The average Bonchev–Trinajstić information content (AvgIpc) is 3.80. The molecule has 1 aliphatic heterocycles. The molecule has 3 heterocycles. The Morgan fingerprint density at radius 1 is 0.684 bits per heavy atom. The zero-order valence-corrected chi connectivity index (χ0v) is 32.0. The van der Waals surface area contributed by atoms with Crippen LogP contribution in [0.5, 0.6) is 11.6 Å². The maximum absolute atomic E-state index is 12.4. The summed E-state index contributed by atoms with van der Waals surface area (Å²) in [5.41, 5.74) is 6.06. The molecule has 290 valence electrons. The van der Waals surface area contributed by atoms with Crippen LogP contribution in [0.25, 0.3) is 11.0 Å². The summed E-state index contributed by atoms with van der Waals surface area (Å²) in [5, 5.41) is 16.1. The van der Waals surface area contributed by atoms with E-state index in [9.17, 15) is 5.11 Å². The Balaban J connectivity index is 1.16. The number of benzene rings is 5. The molecule has 0 radical (unpaired) electrons. The largest absolute Gasteiger partial charge is 0.497 e. The van der Waals surface area contributed by atoms with E-state index in [1.54, 1.807) is 14.2 Å². The van der Waals surface area contributed by atoms with Crippen LogP contribution in [0.1, 0.15) is 39.4 Å². The van der Waals surface area contributed by atoms with Crippen LogP contribution in [0, 0.1) is 0 Å². The second-order valence-corrected chi connectivity index (χ2v) is 14.1. The number of rotatable bonds is 16. The standard InChI is InChI=1S/C47H46N4O6/c1-53-38-25-23-34(24-26-38)29-56-45-40(30-57-47(35-17-9-4-10-18-35,36-19-11-5-12-20-36)37-21-13-6-14-22-37)50-42(44(45)52)39-27-51(32-55-28-33-15-7-3-8-16-33)43-41(39)48-31-49-46(43)54-2/h3-27,31,40,42,44-45,50,52H,28-30,32H2,1-2H3/t40-,42+,44+,45-/m1/s1. The molecule has 0 amide bonds. The molecule has 2 N–H and O–H groups in total. The van der Waals surface area contributed by atoms with Gasteiger partial charge in [0.05, 0.1) is 46.1 Å². The third kappa shape index (κ3) is 7.91. The van der Waals surface area contributed by atoms with Crippen molar-refractivity contribution in [3.05, 3.63) is 191 Å². The second kappa shape index (κ2) is 17.5. The maximum Gasteiger partial charge on any atom is 0.241 e. The van der Waals surface area contributed by atoms with Crippen LogP contribution in [0.15, 0.2) is 158 Å². The molecule has 8 rings (SSSR count). The lowest BCUT2D eigenvalue weighted by Gasteiger charge is -2.37. The summed E-state index contributed by atoms with van der Waals surface area (Å²) >= 11 is 0. The molecular formula is C47H46N4O6. The monoisotopic (exact) mass is 762 g/mol. The molecule has 5 aromatic carbocycles. The molecule has 1 saturated heterocycles. The van der Waals surface area contributed by atoms with E-state index in [1.165, 1.54) is 6.33 Å². The molecule has 0 spiro atoms. The summed E-state index contributed by atoms with van der Waals surface area (Å²) in [5.74, 6) is 1.17. The van der Waals surface area contributed by atoms with Crippen molar-refractivity contribution in [2.45, 2.75) is 49.8 Å². The number of aliphatic hydroxyl groups excluding tert-OH is 1. The highest BCUT2D eigenvalue weighted by Gasteiger charge is 2.47. The van der Waals surface area contributed by atoms with Gasteiger partial charge in [-0.3, -0.25) is 0 Å². The van der Waals surface area contributed by atoms with Gasteiger partial charge in [0, 0.05) is 11.8 Å². The van der Waals surface area contributed by atoms with E-state index in [-0.39, 0.29) is 19.9 Å². The highest BCUT2D eigenvalue weighted by Crippen LogP contribution is 2.42. The number of nitrogens with one attached hydrogen (secondary N) is 1. The van der Waals surface area contributed by atoms with Gasteiger partial charge in [-0.25, -0.2) is 4.98 Å². The molecule has 0 bridgehead atoms. The summed E-state index contributed by atoms with van der Waals surface area (Å²) in [6, 6.07) is 47.5. The molecule has 57 heavy (non-hydrogen) atoms. The number of ether oxygens (including phenoxy) is 5. The Kier molecular flexibility index (Phi) is 11.7. The summed E-state index contributed by atoms with van der Waals surface area (Å²) in [4.78, 5) is 9.13. The summed E-state index contributed by atoms with van der Waals surface area (Å²) in [6.45, 7) is 1.10. The van der Waals surface area contributed by atoms with E-state index in [0.717, 1.165) is 39.1 Å². The van der Waals surface area contributed by atoms with E-state index < -0.39 is 29.9 Å². The number of aliphatic hydroxyl groups is 1. The minimum absolute atomic E-state index is 0.191. The predicted octanol–water partition coefficient (Wildman–Crippen LogP) is 7.59. The normalized spacial score (nSPS) is 18.2. The van der Waals surface area contributed by atoms with Crippen molar-refractivity contribution < 1.29 is 28.8 Å². The minimum atomic E-state index is -0.985. The van der Waals surface area contributed by atoms with Gasteiger partial charge in [-0.2, -0.15) is 4.98 Å². The van der Waals surface area contributed by atoms with Crippen LogP contribution in [-0.4, -0.2) is 58.7 Å². The van der Waals surface area contributed by atoms with Gasteiger partial charge < -0.3 is 38.7 Å². The van der Waals surface area contributed by atoms with Gasteiger partial charge in [-0.15, -0.1) is 0 Å². The number of nitrogens with zero attached hydrogens (tertiary/aromatic N) is 3. The van der Waals surface area contributed by atoms with E-state index >= 15 is 0 Å². The van der Waals surface area contributed by atoms with Gasteiger partial charge in [-0.1, -0.05) is 133 Å². The zero-order valence-electron chi connectivity index (χ0n) is 32.0. The van der Waals surface area contributed by atoms with Gasteiger partial charge >= 0.3 is 0 Å². The zero-order chi connectivity index (χ0) is 39.0. The fourth-order valence-corrected chi connectivity index (χ4v) is 7.82. The molecule has 2 aromatic heterocycles. The molecule has 10 nitrogen and oxygen atoms in total. The first-order valence-electron chi connectivity index (χ1n) is 19.1. The van der Waals surface area contributed by atoms with Crippen molar-refractivity contribution in [2.24, 2.45) is 0 Å². The molecular weight excluding hydrogens is 717 g/mol. The van der Waals surface area contributed by atoms with Crippen molar-refractivity contribution >= 4 is 11.0 Å².